The molecule has 0 radical (unpaired) electrons. The number of amides is 1. The zero-order valence-corrected chi connectivity index (χ0v) is 16.1. The highest BCUT2D eigenvalue weighted by Crippen LogP contribution is 2.24. The molecule has 3 rings (SSSR count). The van der Waals surface area contributed by atoms with E-state index in [2.05, 4.69) is 44.9 Å². The Morgan fingerprint density at radius 2 is 1.77 bits per heavy atom. The molecular formula is C20H30N2O4. The molecule has 2 bridgehead atoms. The van der Waals surface area contributed by atoms with Gasteiger partial charge in [-0.1, -0.05) is 32.9 Å². The van der Waals surface area contributed by atoms with Crippen molar-refractivity contribution in [1.82, 2.24) is 9.80 Å². The van der Waals surface area contributed by atoms with E-state index in [1.165, 1.54) is 5.56 Å². The van der Waals surface area contributed by atoms with Crippen LogP contribution in [-0.2, 0) is 14.9 Å². The third kappa shape index (κ3) is 5.05. The topological polar surface area (TPSA) is 70.1 Å². The second kappa shape index (κ2) is 8.64. The quantitative estimate of drug-likeness (QED) is 0.775. The summed E-state index contributed by atoms with van der Waals surface area (Å²) in [5.41, 5.74) is 2.16. The lowest BCUT2D eigenvalue weighted by atomic mass is 9.86. The molecule has 1 N–H and O–H groups in total. The van der Waals surface area contributed by atoms with Gasteiger partial charge in [0.25, 0.3) is 12.4 Å². The summed E-state index contributed by atoms with van der Waals surface area (Å²) in [7, 11) is 2.14. The maximum Gasteiger partial charge on any atom is 0.290 e. The van der Waals surface area contributed by atoms with E-state index < -0.39 is 0 Å². The molecule has 1 amide bonds. The van der Waals surface area contributed by atoms with Crippen LogP contribution in [0.3, 0.4) is 0 Å². The van der Waals surface area contributed by atoms with Gasteiger partial charge >= 0.3 is 0 Å². The SMILES string of the molecule is CN1C[C@H]2COC[C@@H]1CN(C(=O)c1ccc(C(C)(C)C)cc1)C2.O=CO. The van der Waals surface area contributed by atoms with E-state index in [4.69, 9.17) is 14.6 Å². The van der Waals surface area contributed by atoms with Crippen LogP contribution in [0.15, 0.2) is 24.3 Å². The molecule has 1 aromatic rings. The van der Waals surface area contributed by atoms with E-state index in [1.807, 2.05) is 17.0 Å². The Balaban J connectivity index is 0.000000758. The van der Waals surface area contributed by atoms with Gasteiger partial charge in [-0.3, -0.25) is 14.5 Å². The van der Waals surface area contributed by atoms with Gasteiger partial charge in [-0.15, -0.1) is 0 Å². The van der Waals surface area contributed by atoms with Crippen molar-refractivity contribution in [3.63, 3.8) is 0 Å². The molecule has 0 spiro atoms. The van der Waals surface area contributed by atoms with Crippen molar-refractivity contribution < 1.29 is 19.4 Å². The monoisotopic (exact) mass is 362 g/mol. The molecule has 6 nitrogen and oxygen atoms in total. The van der Waals surface area contributed by atoms with Crippen LogP contribution in [0.4, 0.5) is 0 Å². The maximum atomic E-state index is 12.9. The molecule has 2 fully saturated rings. The van der Waals surface area contributed by atoms with Gasteiger partial charge in [0.1, 0.15) is 0 Å². The summed E-state index contributed by atoms with van der Waals surface area (Å²) in [6.45, 7) is 10.4. The minimum absolute atomic E-state index is 0.112. The van der Waals surface area contributed by atoms with E-state index in [-0.39, 0.29) is 17.8 Å². The van der Waals surface area contributed by atoms with Crippen LogP contribution in [0.25, 0.3) is 0 Å². The summed E-state index contributed by atoms with van der Waals surface area (Å²) < 4.78 is 5.74. The van der Waals surface area contributed by atoms with Gasteiger partial charge in [0.2, 0.25) is 0 Å². The molecule has 2 aliphatic rings. The Kier molecular flexibility index (Phi) is 6.78. The van der Waals surface area contributed by atoms with Crippen molar-refractivity contribution in [1.29, 1.82) is 0 Å². The molecule has 1 aromatic carbocycles. The highest BCUT2D eigenvalue weighted by molar-refractivity contribution is 5.94. The predicted octanol–water partition coefficient (Wildman–Crippen LogP) is 2.09. The normalized spacial score (nSPS) is 23.5. The number of carbonyl (C=O) groups is 2. The van der Waals surface area contributed by atoms with Crippen molar-refractivity contribution in [3.05, 3.63) is 35.4 Å². The lowest BCUT2D eigenvalue weighted by Crippen LogP contribution is -2.44. The predicted molar refractivity (Wildman–Crippen MR) is 100 cm³/mol. The average Bonchev–Trinajstić information content (AvgIpc) is 2.83. The van der Waals surface area contributed by atoms with Crippen molar-refractivity contribution in [2.45, 2.75) is 32.2 Å². The number of benzene rings is 1. The van der Waals surface area contributed by atoms with Gasteiger partial charge in [0.15, 0.2) is 0 Å². The molecule has 26 heavy (non-hydrogen) atoms. The highest BCUT2D eigenvalue weighted by atomic mass is 16.5. The van der Waals surface area contributed by atoms with Gasteiger partial charge in [0, 0.05) is 31.1 Å². The number of nitrogens with zero attached hydrogens (tertiary/aromatic N) is 2. The molecule has 6 heteroatoms. The highest BCUT2D eigenvalue weighted by Gasteiger charge is 2.33. The maximum absolute atomic E-state index is 12.9. The number of likely N-dealkylation sites (N-methyl/N-ethyl adjacent to an activating group) is 1. The van der Waals surface area contributed by atoms with Crippen LogP contribution in [0.5, 0.6) is 0 Å². The Hall–Kier alpha value is -1.92. The molecule has 2 saturated heterocycles. The van der Waals surface area contributed by atoms with Gasteiger partial charge in [0.05, 0.1) is 19.3 Å². The first-order valence-corrected chi connectivity index (χ1v) is 9.02. The summed E-state index contributed by atoms with van der Waals surface area (Å²) in [4.78, 5) is 25.6. The first-order chi connectivity index (χ1) is 12.3. The number of rotatable bonds is 1. The third-order valence-electron chi connectivity index (χ3n) is 5.03. The average molecular weight is 362 g/mol. The summed E-state index contributed by atoms with van der Waals surface area (Å²) in [6.07, 6.45) is 0. The van der Waals surface area contributed by atoms with Gasteiger partial charge < -0.3 is 14.7 Å². The number of hydrogen-bond acceptors (Lipinski definition) is 4. The molecule has 2 atom stereocenters. The molecule has 0 aromatic heterocycles. The van der Waals surface area contributed by atoms with E-state index in [0.717, 1.165) is 38.4 Å². The van der Waals surface area contributed by atoms with Crippen molar-refractivity contribution >= 4 is 12.4 Å². The minimum Gasteiger partial charge on any atom is -0.483 e. The smallest absolute Gasteiger partial charge is 0.290 e. The van der Waals surface area contributed by atoms with E-state index in [1.54, 1.807) is 0 Å². The fourth-order valence-electron chi connectivity index (χ4n) is 3.51. The van der Waals surface area contributed by atoms with Crippen LogP contribution in [0, 0.1) is 5.92 Å². The first-order valence-electron chi connectivity index (χ1n) is 9.02. The third-order valence-corrected chi connectivity index (χ3v) is 5.03. The lowest BCUT2D eigenvalue weighted by molar-refractivity contribution is -0.122. The number of fused-ring (bicyclic) bond motifs is 3. The van der Waals surface area contributed by atoms with Crippen molar-refractivity contribution in [2.24, 2.45) is 5.92 Å². The Bertz CT molecular complexity index is 609. The van der Waals surface area contributed by atoms with Gasteiger partial charge in [-0.25, -0.2) is 0 Å². The van der Waals surface area contributed by atoms with Crippen LogP contribution >= 0.6 is 0 Å². The van der Waals surface area contributed by atoms with Gasteiger partial charge in [-0.05, 0) is 30.2 Å². The Labute approximate surface area is 155 Å². The van der Waals surface area contributed by atoms with Crippen molar-refractivity contribution in [3.8, 4) is 0 Å². The molecular weight excluding hydrogens is 332 g/mol. The van der Waals surface area contributed by atoms with Crippen LogP contribution in [0.2, 0.25) is 0 Å². The molecule has 0 aliphatic carbocycles. The fourth-order valence-corrected chi connectivity index (χ4v) is 3.51. The second-order valence-corrected chi connectivity index (χ2v) is 8.14. The second-order valence-electron chi connectivity index (χ2n) is 8.14. The largest absolute Gasteiger partial charge is 0.483 e. The van der Waals surface area contributed by atoms with E-state index in [0.29, 0.717) is 12.0 Å². The summed E-state index contributed by atoms with van der Waals surface area (Å²) in [5, 5.41) is 6.89. The Morgan fingerprint density at radius 3 is 2.35 bits per heavy atom. The zero-order chi connectivity index (χ0) is 19.3. The Morgan fingerprint density at radius 1 is 1.15 bits per heavy atom. The standard InChI is InChI=1S/C19H28N2O2.CH2O2/c1-19(2,3)16-7-5-15(6-8-16)18(22)21-10-14-9-20(4)17(11-21)13-23-12-14;2-1-3/h5-8,14,17H,9-13H2,1-4H3;1H,(H,2,3)/t14-,17+;/m1./s1. The fraction of sp³-hybridized carbons (Fsp3) is 0.600. The summed E-state index contributed by atoms with van der Waals surface area (Å²) >= 11 is 0. The van der Waals surface area contributed by atoms with Crippen LogP contribution in [0.1, 0.15) is 36.7 Å². The first kappa shape index (κ1) is 20.4. The van der Waals surface area contributed by atoms with E-state index in [9.17, 15) is 4.79 Å². The molecule has 0 saturated carbocycles. The minimum atomic E-state index is -0.250. The van der Waals surface area contributed by atoms with E-state index >= 15 is 0 Å². The lowest BCUT2D eigenvalue weighted by Gasteiger charge is -2.30. The number of carbonyl (C=O) groups excluding carboxylic acids is 1. The van der Waals surface area contributed by atoms with Crippen molar-refractivity contribution in [2.75, 3.05) is 39.9 Å². The van der Waals surface area contributed by atoms with Crippen LogP contribution in [-0.4, -0.2) is 73.2 Å². The molecule has 0 unspecified atom stereocenters. The number of hydrogen-bond donors (Lipinski definition) is 1. The van der Waals surface area contributed by atoms with Gasteiger partial charge in [-0.2, -0.15) is 0 Å². The number of carboxylic acid groups (broad SMARTS) is 1. The zero-order valence-electron chi connectivity index (χ0n) is 16.1. The number of ether oxygens (including phenoxy) is 1. The molecule has 2 heterocycles. The van der Waals surface area contributed by atoms with Crippen LogP contribution < -0.4 is 0 Å². The summed E-state index contributed by atoms with van der Waals surface area (Å²) in [6, 6.07) is 8.43. The molecule has 2 aliphatic heterocycles. The molecule has 144 valence electrons. The summed E-state index contributed by atoms with van der Waals surface area (Å²) in [5.74, 6) is 0.558.